The lowest BCUT2D eigenvalue weighted by Gasteiger charge is -2.40. The minimum absolute atomic E-state index is 0.0473. The Labute approximate surface area is 218 Å². The molecule has 8 nitrogen and oxygen atoms in total. The van der Waals surface area contributed by atoms with Gasteiger partial charge in [-0.2, -0.15) is 0 Å². The van der Waals surface area contributed by atoms with E-state index in [9.17, 15) is 14.4 Å². The Morgan fingerprint density at radius 1 is 1.11 bits per heavy atom. The fourth-order valence-electron chi connectivity index (χ4n) is 5.72. The first-order chi connectivity index (χ1) is 17.7. The highest BCUT2D eigenvalue weighted by atomic mass is 16.5. The van der Waals surface area contributed by atoms with E-state index in [1.54, 1.807) is 18.3 Å². The highest BCUT2D eigenvalue weighted by Gasteiger charge is 2.42. The van der Waals surface area contributed by atoms with Gasteiger partial charge in [0.05, 0.1) is 11.7 Å². The number of nitrogens with one attached hydrogen (secondary N) is 1. The van der Waals surface area contributed by atoms with Gasteiger partial charge in [-0.05, 0) is 88.6 Å². The molecule has 2 saturated heterocycles. The first-order valence-electron chi connectivity index (χ1n) is 13.5. The fraction of sp³-hybridized carbons (Fsp3) is 0.517. The van der Waals surface area contributed by atoms with Crippen molar-refractivity contribution in [3.63, 3.8) is 0 Å². The highest BCUT2D eigenvalue weighted by Crippen LogP contribution is 2.39. The number of piperidine rings is 1. The zero-order valence-electron chi connectivity index (χ0n) is 21.8. The summed E-state index contributed by atoms with van der Waals surface area (Å²) in [5.41, 5.74) is 7.75. The standard InChI is InChI=1S/C29H36N4O4/c1-4-17(3)37-25-14-23(16(2)11-24(25)28(30)35)29(36)32-20-12-21-8-9-22(13-20)33(21)26-10-7-19(15-31-26)27(34)18-5-6-18/h7,10-11,14-15,17-18,20-22H,4-6,8-9,12-13H2,1-3H3,(H2,30,35)(H,32,36)/t17?,20-,21+,22-. The number of anilines is 1. The van der Waals surface area contributed by atoms with Crippen LogP contribution in [0.5, 0.6) is 5.75 Å². The Morgan fingerprint density at radius 3 is 2.38 bits per heavy atom. The summed E-state index contributed by atoms with van der Waals surface area (Å²) in [6.45, 7) is 5.72. The summed E-state index contributed by atoms with van der Waals surface area (Å²) in [5, 5.41) is 3.23. The smallest absolute Gasteiger partial charge is 0.252 e. The number of nitrogens with two attached hydrogens (primary N) is 1. The zero-order valence-corrected chi connectivity index (χ0v) is 21.8. The lowest BCUT2D eigenvalue weighted by Crippen LogP contribution is -2.50. The molecule has 1 saturated carbocycles. The molecular formula is C29H36N4O4. The first kappa shape index (κ1) is 25.2. The van der Waals surface area contributed by atoms with Crippen molar-refractivity contribution in [3.05, 3.63) is 52.7 Å². The molecule has 1 unspecified atom stereocenters. The van der Waals surface area contributed by atoms with Crippen LogP contribution in [0.4, 0.5) is 5.82 Å². The number of Topliss-reactive ketones (excluding diaryl/α,β-unsaturated/α-hetero) is 1. The zero-order chi connectivity index (χ0) is 26.3. The second kappa shape index (κ2) is 10.1. The number of rotatable bonds is 9. The molecule has 37 heavy (non-hydrogen) atoms. The molecule has 2 bridgehead atoms. The molecule has 5 rings (SSSR count). The van der Waals surface area contributed by atoms with Crippen LogP contribution in [0, 0.1) is 12.8 Å². The Kier molecular flexibility index (Phi) is 6.92. The summed E-state index contributed by atoms with van der Waals surface area (Å²) in [5.74, 6) is 0.922. The van der Waals surface area contributed by atoms with Crippen LogP contribution >= 0.6 is 0 Å². The van der Waals surface area contributed by atoms with Gasteiger partial charge in [0.15, 0.2) is 5.78 Å². The second-order valence-electron chi connectivity index (χ2n) is 10.8. The highest BCUT2D eigenvalue weighted by molar-refractivity contribution is 6.01. The number of pyridine rings is 1. The number of amides is 2. The third-order valence-corrected chi connectivity index (χ3v) is 8.05. The lowest BCUT2D eigenvalue weighted by molar-refractivity contribution is 0.0921. The van der Waals surface area contributed by atoms with E-state index in [-0.39, 0.29) is 35.3 Å². The maximum atomic E-state index is 13.3. The number of aromatic nitrogens is 1. The molecule has 2 amide bonds. The number of hydrogen-bond acceptors (Lipinski definition) is 6. The second-order valence-corrected chi connectivity index (χ2v) is 10.8. The van der Waals surface area contributed by atoms with Gasteiger partial charge < -0.3 is 20.7 Å². The van der Waals surface area contributed by atoms with Gasteiger partial charge in [0.25, 0.3) is 11.8 Å². The van der Waals surface area contributed by atoms with Crippen molar-refractivity contribution in [2.45, 2.75) is 89.9 Å². The minimum Gasteiger partial charge on any atom is -0.490 e. The van der Waals surface area contributed by atoms with E-state index in [1.807, 2.05) is 32.9 Å². The van der Waals surface area contributed by atoms with Crippen molar-refractivity contribution < 1.29 is 19.1 Å². The molecule has 3 fully saturated rings. The summed E-state index contributed by atoms with van der Waals surface area (Å²) in [6, 6.07) is 7.81. The Hall–Kier alpha value is -3.42. The minimum atomic E-state index is -0.573. The molecule has 0 radical (unpaired) electrons. The van der Waals surface area contributed by atoms with Crippen LogP contribution in [0.3, 0.4) is 0 Å². The van der Waals surface area contributed by atoms with Crippen molar-refractivity contribution in [3.8, 4) is 5.75 Å². The summed E-state index contributed by atoms with van der Waals surface area (Å²) < 4.78 is 5.92. The molecule has 8 heteroatoms. The number of ketones is 1. The normalized spacial score (nSPS) is 23.4. The monoisotopic (exact) mass is 504 g/mol. The number of primary amides is 1. The average Bonchev–Trinajstić information content (AvgIpc) is 3.69. The van der Waals surface area contributed by atoms with Gasteiger partial charge in [-0.15, -0.1) is 0 Å². The topological polar surface area (TPSA) is 115 Å². The molecule has 2 aliphatic heterocycles. The predicted octanol–water partition coefficient (Wildman–Crippen LogP) is 4.19. The van der Waals surface area contributed by atoms with E-state index in [0.717, 1.165) is 50.8 Å². The molecule has 1 aromatic carbocycles. The van der Waals surface area contributed by atoms with Crippen molar-refractivity contribution in [2.75, 3.05) is 4.90 Å². The van der Waals surface area contributed by atoms with E-state index in [4.69, 9.17) is 10.5 Å². The molecule has 196 valence electrons. The van der Waals surface area contributed by atoms with Crippen LogP contribution in [0.2, 0.25) is 0 Å². The van der Waals surface area contributed by atoms with Crippen LogP contribution < -0.4 is 20.7 Å². The van der Waals surface area contributed by atoms with Crippen molar-refractivity contribution in [1.82, 2.24) is 10.3 Å². The molecule has 3 N–H and O–H groups in total. The van der Waals surface area contributed by atoms with Gasteiger partial charge >= 0.3 is 0 Å². The average molecular weight is 505 g/mol. The molecule has 4 atom stereocenters. The van der Waals surface area contributed by atoms with Crippen LogP contribution in [0.25, 0.3) is 0 Å². The molecule has 3 heterocycles. The van der Waals surface area contributed by atoms with Crippen molar-refractivity contribution >= 4 is 23.4 Å². The van der Waals surface area contributed by atoms with E-state index in [0.29, 0.717) is 34.5 Å². The molecular weight excluding hydrogens is 468 g/mol. The van der Waals surface area contributed by atoms with E-state index in [1.165, 1.54) is 0 Å². The fourth-order valence-corrected chi connectivity index (χ4v) is 5.72. The van der Waals surface area contributed by atoms with E-state index < -0.39 is 5.91 Å². The number of aryl methyl sites for hydroxylation is 1. The molecule has 1 aliphatic carbocycles. The van der Waals surface area contributed by atoms with Gasteiger partial charge in [0.1, 0.15) is 11.6 Å². The van der Waals surface area contributed by atoms with Gasteiger partial charge in [-0.1, -0.05) is 6.92 Å². The number of fused-ring (bicyclic) bond motifs is 2. The first-order valence-corrected chi connectivity index (χ1v) is 13.5. The Balaban J connectivity index is 1.27. The van der Waals surface area contributed by atoms with Crippen LogP contribution in [-0.4, -0.2) is 46.8 Å². The van der Waals surface area contributed by atoms with Crippen LogP contribution in [0.15, 0.2) is 30.5 Å². The summed E-state index contributed by atoms with van der Waals surface area (Å²) >= 11 is 0. The van der Waals surface area contributed by atoms with Crippen molar-refractivity contribution in [1.29, 1.82) is 0 Å². The Bertz CT molecular complexity index is 1190. The lowest BCUT2D eigenvalue weighted by atomic mass is 9.96. The molecule has 2 aromatic rings. The summed E-state index contributed by atoms with van der Waals surface area (Å²) in [7, 11) is 0. The summed E-state index contributed by atoms with van der Waals surface area (Å²) in [4.78, 5) is 44.7. The van der Waals surface area contributed by atoms with Gasteiger partial charge in [-0.25, -0.2) is 4.98 Å². The third kappa shape index (κ3) is 5.20. The maximum absolute atomic E-state index is 13.3. The SMILES string of the molecule is CCC(C)Oc1cc(C(=O)N[C@H]2C[C@H]3CC[C@@H](C2)N3c2ccc(C(=O)C3CC3)cn2)c(C)cc1C(N)=O. The van der Waals surface area contributed by atoms with Crippen LogP contribution in [0.1, 0.15) is 95.4 Å². The quantitative estimate of drug-likeness (QED) is 0.495. The Morgan fingerprint density at radius 2 is 1.81 bits per heavy atom. The molecule has 3 aliphatic rings. The number of benzene rings is 1. The predicted molar refractivity (Wildman–Crippen MR) is 141 cm³/mol. The number of carbonyl (C=O) groups is 3. The number of ether oxygens (including phenoxy) is 1. The van der Waals surface area contributed by atoms with Gasteiger partial charge in [-0.3, -0.25) is 14.4 Å². The molecule has 1 aromatic heterocycles. The largest absolute Gasteiger partial charge is 0.490 e. The van der Waals surface area contributed by atoms with E-state index in [2.05, 4.69) is 15.2 Å². The third-order valence-electron chi connectivity index (χ3n) is 8.05. The number of nitrogens with zero attached hydrogens (tertiary/aromatic N) is 2. The maximum Gasteiger partial charge on any atom is 0.252 e. The van der Waals surface area contributed by atoms with E-state index >= 15 is 0 Å². The summed E-state index contributed by atoms with van der Waals surface area (Å²) in [6.07, 6.45) is 8.15. The number of carbonyl (C=O) groups excluding carboxylic acids is 3. The number of hydrogen-bond donors (Lipinski definition) is 2. The van der Waals surface area contributed by atoms with Gasteiger partial charge in [0, 0.05) is 41.4 Å². The van der Waals surface area contributed by atoms with Gasteiger partial charge in [0.2, 0.25) is 0 Å². The van der Waals surface area contributed by atoms with Crippen molar-refractivity contribution in [2.24, 2.45) is 11.7 Å². The molecule has 0 spiro atoms. The van der Waals surface area contributed by atoms with Crippen LogP contribution in [-0.2, 0) is 0 Å².